The van der Waals surface area contributed by atoms with Gasteiger partial charge in [-0.2, -0.15) is 0 Å². The van der Waals surface area contributed by atoms with Crippen molar-refractivity contribution in [3.63, 3.8) is 0 Å². The van der Waals surface area contributed by atoms with E-state index in [-0.39, 0.29) is 35.7 Å². The molecule has 18 nitrogen and oxygen atoms in total. The SMILES string of the molecule is COC(=O)N[C@H](C(=O)N1CCC[C@@H]1c1nc2nc(-c3ccc4cc(-c5cnc6[nH]c([C@@H]7CCCN7C(=O)[C@H](C(C)C)N(C)C(=O)O)nc6n5)ccc4c3)cnc2[nH]1)C(C)C. The monoisotopic (exact) mass is 816 g/mol. The predicted molar refractivity (Wildman–Crippen MR) is 221 cm³/mol. The number of likely N-dealkylation sites (tertiary alicyclic amines) is 2. The highest BCUT2D eigenvalue weighted by atomic mass is 16.5. The number of methoxy groups -OCH3 is 1. The molecular formula is C42H48N12O6. The van der Waals surface area contributed by atoms with Crippen molar-refractivity contribution in [3.05, 3.63) is 60.4 Å². The average Bonchev–Trinajstić information content (AvgIpc) is 4.07. The summed E-state index contributed by atoms with van der Waals surface area (Å²) < 4.78 is 4.76. The predicted octanol–water partition coefficient (Wildman–Crippen LogP) is 5.85. The molecule has 4 N–H and O–H groups in total. The molecule has 2 aliphatic heterocycles. The van der Waals surface area contributed by atoms with Crippen LogP contribution in [0.4, 0.5) is 9.59 Å². The summed E-state index contributed by atoms with van der Waals surface area (Å²) in [6.07, 6.45) is 4.57. The van der Waals surface area contributed by atoms with E-state index in [1.807, 2.05) is 64.1 Å². The highest BCUT2D eigenvalue weighted by molar-refractivity contribution is 5.91. The fourth-order valence-electron chi connectivity index (χ4n) is 8.47. The first kappa shape index (κ1) is 40.1. The van der Waals surface area contributed by atoms with E-state index in [0.29, 0.717) is 71.6 Å². The second kappa shape index (κ2) is 16.1. The van der Waals surface area contributed by atoms with Crippen LogP contribution in [0.5, 0.6) is 0 Å². The number of hydrogen-bond donors (Lipinski definition) is 4. The summed E-state index contributed by atoms with van der Waals surface area (Å²) in [6, 6.07) is 9.88. The molecule has 0 unspecified atom stereocenters. The van der Waals surface area contributed by atoms with E-state index in [0.717, 1.165) is 39.6 Å². The molecule has 4 amide bonds. The molecule has 0 saturated carbocycles. The van der Waals surface area contributed by atoms with Crippen molar-refractivity contribution in [2.75, 3.05) is 27.2 Å². The molecule has 0 aliphatic carbocycles. The second-order valence-electron chi connectivity index (χ2n) is 16.2. The third-order valence-electron chi connectivity index (χ3n) is 11.6. The molecule has 2 fully saturated rings. The summed E-state index contributed by atoms with van der Waals surface area (Å²) in [6.45, 7) is 8.50. The lowest BCUT2D eigenvalue weighted by Crippen LogP contribution is -2.51. The van der Waals surface area contributed by atoms with Crippen LogP contribution in [0.1, 0.15) is 77.1 Å². The fourth-order valence-corrected chi connectivity index (χ4v) is 8.47. The van der Waals surface area contributed by atoms with Crippen molar-refractivity contribution in [3.8, 4) is 22.5 Å². The van der Waals surface area contributed by atoms with Gasteiger partial charge in [0, 0.05) is 31.3 Å². The van der Waals surface area contributed by atoms with Crippen LogP contribution in [0, 0.1) is 11.8 Å². The number of ether oxygens (including phenoxy) is 1. The largest absolute Gasteiger partial charge is 0.465 e. The minimum Gasteiger partial charge on any atom is -0.465 e. The number of fused-ring (bicyclic) bond motifs is 3. The molecule has 0 spiro atoms. The summed E-state index contributed by atoms with van der Waals surface area (Å²) >= 11 is 0. The number of amides is 4. The van der Waals surface area contributed by atoms with Crippen molar-refractivity contribution in [2.24, 2.45) is 11.8 Å². The topological polar surface area (TPSA) is 228 Å². The van der Waals surface area contributed by atoms with E-state index in [2.05, 4.69) is 25.3 Å². The number of benzene rings is 2. The highest BCUT2D eigenvalue weighted by Crippen LogP contribution is 2.35. The molecule has 0 radical (unpaired) electrons. The maximum atomic E-state index is 13.7. The van der Waals surface area contributed by atoms with Crippen LogP contribution in [0.2, 0.25) is 0 Å². The number of nitrogens with one attached hydrogen (secondary N) is 3. The first-order chi connectivity index (χ1) is 28.8. The van der Waals surface area contributed by atoms with Crippen LogP contribution in [-0.4, -0.2) is 123 Å². The van der Waals surface area contributed by atoms with Crippen molar-refractivity contribution in [1.82, 2.24) is 59.9 Å². The van der Waals surface area contributed by atoms with Gasteiger partial charge in [0.1, 0.15) is 23.7 Å². The van der Waals surface area contributed by atoms with E-state index < -0.39 is 24.3 Å². The lowest BCUT2D eigenvalue weighted by atomic mass is 10.0. The van der Waals surface area contributed by atoms with Gasteiger partial charge in [-0.1, -0.05) is 52.0 Å². The van der Waals surface area contributed by atoms with Crippen LogP contribution in [0.3, 0.4) is 0 Å². The summed E-state index contributed by atoms with van der Waals surface area (Å²) in [5.41, 5.74) is 4.90. The number of alkyl carbamates (subject to hydrolysis) is 1. The third kappa shape index (κ3) is 7.52. The molecule has 0 bridgehead atoms. The maximum Gasteiger partial charge on any atom is 0.407 e. The lowest BCUT2D eigenvalue weighted by Gasteiger charge is -2.33. The highest BCUT2D eigenvalue weighted by Gasteiger charge is 2.40. The Balaban J connectivity index is 0.999. The molecule has 6 aromatic rings. The van der Waals surface area contributed by atoms with Crippen molar-refractivity contribution < 1.29 is 29.0 Å². The first-order valence-corrected chi connectivity index (χ1v) is 20.2. The summed E-state index contributed by atoms with van der Waals surface area (Å²) in [4.78, 5) is 90.7. The van der Waals surface area contributed by atoms with Gasteiger partial charge in [0.15, 0.2) is 22.6 Å². The van der Waals surface area contributed by atoms with Gasteiger partial charge < -0.3 is 34.9 Å². The number of rotatable bonds is 10. The number of imidazole rings is 2. The summed E-state index contributed by atoms with van der Waals surface area (Å²) in [5.74, 6) is 0.401. The molecule has 6 heterocycles. The molecule has 2 aliphatic rings. The van der Waals surface area contributed by atoms with Gasteiger partial charge in [-0.05, 0) is 60.4 Å². The number of aromatic nitrogens is 8. The maximum absolute atomic E-state index is 13.7. The second-order valence-corrected chi connectivity index (χ2v) is 16.2. The van der Waals surface area contributed by atoms with E-state index in [9.17, 15) is 24.3 Å². The lowest BCUT2D eigenvalue weighted by molar-refractivity contribution is -0.138. The Bertz CT molecular complexity index is 2620. The van der Waals surface area contributed by atoms with Gasteiger partial charge in [0.25, 0.3) is 0 Å². The quantitative estimate of drug-likeness (QED) is 0.128. The van der Waals surface area contributed by atoms with Gasteiger partial charge in [-0.15, -0.1) is 0 Å². The number of aromatic amines is 2. The Morgan fingerprint density at radius 2 is 1.27 bits per heavy atom. The number of carbonyl (C=O) groups is 4. The first-order valence-electron chi connectivity index (χ1n) is 20.2. The van der Waals surface area contributed by atoms with Crippen LogP contribution in [0.15, 0.2) is 48.8 Å². The zero-order valence-corrected chi connectivity index (χ0v) is 34.3. The Labute approximate surface area is 345 Å². The van der Waals surface area contributed by atoms with Crippen LogP contribution in [0.25, 0.3) is 55.9 Å². The number of carboxylic acid groups (broad SMARTS) is 1. The molecule has 60 heavy (non-hydrogen) atoms. The average molecular weight is 817 g/mol. The summed E-state index contributed by atoms with van der Waals surface area (Å²) in [5, 5.41) is 14.3. The van der Waals surface area contributed by atoms with Gasteiger partial charge in [-0.3, -0.25) is 14.5 Å². The number of H-pyrrole nitrogens is 2. The Morgan fingerprint density at radius 3 is 1.72 bits per heavy atom. The van der Waals surface area contributed by atoms with Crippen LogP contribution >= 0.6 is 0 Å². The van der Waals surface area contributed by atoms with Gasteiger partial charge in [0.2, 0.25) is 11.8 Å². The van der Waals surface area contributed by atoms with Gasteiger partial charge in [-0.25, -0.2) is 39.5 Å². The molecule has 8 rings (SSSR count). The number of nitrogens with zero attached hydrogens (tertiary/aromatic N) is 9. The zero-order valence-electron chi connectivity index (χ0n) is 34.3. The normalized spacial score (nSPS) is 17.9. The minimum absolute atomic E-state index is 0.141. The van der Waals surface area contributed by atoms with Gasteiger partial charge >= 0.3 is 12.2 Å². The minimum atomic E-state index is -1.15. The third-order valence-corrected chi connectivity index (χ3v) is 11.6. The smallest absolute Gasteiger partial charge is 0.407 e. The standard InChI is InChI=1S/C42H48N12O6/c1-21(2)31(47-41(57)60-6)39(55)53-15-7-9-29(53)33-48-35-37(50-33)45-27(19-43-35)25-13-11-24-18-26(14-12-23(24)17-25)28-20-44-36-38(46-28)51-34(49-36)30-10-8-16-54(30)40(56)32(22(3)4)52(5)42(58)59/h11-14,17-22,29-32H,7-10,15-16H2,1-6H3,(H,47,57)(H,58,59)(H,43,45,48,50)(H,44,46,49,51)/t29-,30+,31+,32+/m1/s1. The van der Waals surface area contributed by atoms with Gasteiger partial charge in [0.05, 0.1) is 43.0 Å². The Kier molecular flexibility index (Phi) is 10.8. The van der Waals surface area contributed by atoms with Crippen molar-refractivity contribution in [2.45, 2.75) is 77.5 Å². The molecular weight excluding hydrogens is 769 g/mol. The number of likely N-dealkylation sites (N-methyl/N-ethyl adjacent to an activating group) is 1. The van der Waals surface area contributed by atoms with Crippen LogP contribution < -0.4 is 5.32 Å². The van der Waals surface area contributed by atoms with Crippen molar-refractivity contribution >= 4 is 57.4 Å². The zero-order chi connectivity index (χ0) is 42.4. The molecule has 2 aromatic carbocycles. The Morgan fingerprint density at radius 1 is 0.767 bits per heavy atom. The number of hydrogen-bond acceptors (Lipinski definition) is 11. The van der Waals surface area contributed by atoms with Crippen molar-refractivity contribution in [1.29, 1.82) is 0 Å². The molecule has 4 atom stereocenters. The molecule has 18 heteroatoms. The van der Waals surface area contributed by atoms with E-state index >= 15 is 0 Å². The van der Waals surface area contributed by atoms with E-state index in [1.54, 1.807) is 22.2 Å². The fraction of sp³-hybridized carbons (Fsp3) is 0.429. The summed E-state index contributed by atoms with van der Waals surface area (Å²) in [7, 11) is 2.71. The molecule has 312 valence electrons. The van der Waals surface area contributed by atoms with E-state index in [1.165, 1.54) is 14.2 Å². The Hall–Kier alpha value is -6.72. The number of carbonyl (C=O) groups excluding carboxylic acids is 3. The van der Waals surface area contributed by atoms with Crippen LogP contribution in [-0.2, 0) is 14.3 Å². The van der Waals surface area contributed by atoms with E-state index in [4.69, 9.17) is 24.7 Å². The molecule has 2 saturated heterocycles. The molecule has 4 aromatic heterocycles.